The predicted molar refractivity (Wildman–Crippen MR) is 118 cm³/mol. The summed E-state index contributed by atoms with van der Waals surface area (Å²) >= 11 is 0. The smallest absolute Gasteiger partial charge is 0.231 e. The van der Waals surface area contributed by atoms with E-state index in [1.807, 2.05) is 19.9 Å². The summed E-state index contributed by atoms with van der Waals surface area (Å²) in [6.45, 7) is 16.3. The van der Waals surface area contributed by atoms with Gasteiger partial charge in [0.25, 0.3) is 0 Å². The molecule has 0 atom stereocenters. The number of Topliss-reactive ketones (excluding diaryl/α,β-unsaturated/α-hetero) is 1. The third-order valence-electron chi connectivity index (χ3n) is 4.69. The molecule has 0 amide bonds. The van der Waals surface area contributed by atoms with Crippen molar-refractivity contribution in [2.75, 3.05) is 20.0 Å². The van der Waals surface area contributed by atoms with Gasteiger partial charge in [-0.05, 0) is 35.2 Å². The van der Waals surface area contributed by atoms with Crippen molar-refractivity contribution >= 4 is 11.4 Å². The van der Waals surface area contributed by atoms with E-state index in [0.29, 0.717) is 46.3 Å². The fraction of sp³-hybridized carbons (Fsp3) is 0.240. The molecule has 0 radical (unpaired) electrons. The van der Waals surface area contributed by atoms with Crippen molar-refractivity contribution in [3.05, 3.63) is 78.9 Å². The van der Waals surface area contributed by atoms with E-state index in [1.165, 1.54) is 0 Å². The van der Waals surface area contributed by atoms with Crippen LogP contribution in [0.25, 0.3) is 5.57 Å². The van der Waals surface area contributed by atoms with Gasteiger partial charge in [-0.1, -0.05) is 51.8 Å². The van der Waals surface area contributed by atoms with E-state index < -0.39 is 0 Å². The molecule has 1 aliphatic rings. The normalized spacial score (nSPS) is 11.8. The van der Waals surface area contributed by atoms with Crippen LogP contribution >= 0.6 is 0 Å². The summed E-state index contributed by atoms with van der Waals surface area (Å²) in [5.74, 6) is 2.24. The molecule has 0 saturated carbocycles. The summed E-state index contributed by atoms with van der Waals surface area (Å²) in [6, 6.07) is 8.90. The minimum absolute atomic E-state index is 0.142. The lowest BCUT2D eigenvalue weighted by Gasteiger charge is -2.19. The third-order valence-corrected chi connectivity index (χ3v) is 4.69. The molecule has 1 heterocycles. The lowest BCUT2D eigenvalue weighted by atomic mass is 9.92. The van der Waals surface area contributed by atoms with Gasteiger partial charge in [0.2, 0.25) is 6.79 Å². The first-order chi connectivity index (χ1) is 14.5. The Bertz CT molecular complexity index is 987. The highest BCUT2D eigenvalue weighted by Gasteiger charge is 2.23. The summed E-state index contributed by atoms with van der Waals surface area (Å²) in [4.78, 5) is 13.4. The van der Waals surface area contributed by atoms with E-state index in [9.17, 15) is 4.79 Å². The Morgan fingerprint density at radius 2 is 1.70 bits per heavy atom. The molecular formula is C25H26O5. The molecule has 5 heteroatoms. The van der Waals surface area contributed by atoms with E-state index >= 15 is 0 Å². The van der Waals surface area contributed by atoms with Gasteiger partial charge in [0.1, 0.15) is 24.7 Å². The molecule has 2 aromatic rings. The van der Waals surface area contributed by atoms with Crippen LogP contribution in [0.5, 0.6) is 23.0 Å². The van der Waals surface area contributed by atoms with Crippen molar-refractivity contribution in [1.82, 2.24) is 0 Å². The fourth-order valence-corrected chi connectivity index (χ4v) is 3.13. The standard InChI is InChI=1S/C25H26O5/c1-6-10-27-22-14-23(28-11-7-2)20(13-19(22)16(3)4)25(26)17(5)18-8-9-21-24(12-18)30-15-29-21/h6-9,12-14,16H,1-2,5,10-11,15H2,3-4H3. The predicted octanol–water partition coefficient (Wildman–Crippen LogP) is 5.56. The summed E-state index contributed by atoms with van der Waals surface area (Å²) < 4.78 is 22.4. The maximum atomic E-state index is 13.4. The number of hydrogen-bond acceptors (Lipinski definition) is 5. The maximum Gasteiger partial charge on any atom is 0.231 e. The molecule has 30 heavy (non-hydrogen) atoms. The Morgan fingerprint density at radius 1 is 1.03 bits per heavy atom. The van der Waals surface area contributed by atoms with Crippen molar-refractivity contribution in [3.63, 3.8) is 0 Å². The van der Waals surface area contributed by atoms with Crippen LogP contribution in [0.3, 0.4) is 0 Å². The van der Waals surface area contributed by atoms with Gasteiger partial charge >= 0.3 is 0 Å². The SMILES string of the molecule is C=CCOc1cc(OCC=C)c(C(C)C)cc1C(=O)C(=C)c1ccc2c(c1)OCO2. The number of carbonyl (C=O) groups excluding carboxylic acids is 1. The quantitative estimate of drug-likeness (QED) is 0.294. The van der Waals surface area contributed by atoms with Crippen LogP contribution in [0.2, 0.25) is 0 Å². The molecular weight excluding hydrogens is 380 g/mol. The minimum atomic E-state index is -0.231. The zero-order valence-corrected chi connectivity index (χ0v) is 17.4. The minimum Gasteiger partial charge on any atom is -0.489 e. The Balaban J connectivity index is 2.01. The Labute approximate surface area is 177 Å². The van der Waals surface area contributed by atoms with Crippen molar-refractivity contribution < 1.29 is 23.7 Å². The molecule has 2 aromatic carbocycles. The Morgan fingerprint density at radius 3 is 2.37 bits per heavy atom. The first-order valence-electron chi connectivity index (χ1n) is 9.75. The summed E-state index contributed by atoms with van der Waals surface area (Å²) in [5, 5.41) is 0. The van der Waals surface area contributed by atoms with Crippen molar-refractivity contribution in [2.45, 2.75) is 19.8 Å². The van der Waals surface area contributed by atoms with Crippen molar-refractivity contribution in [1.29, 1.82) is 0 Å². The molecule has 0 unspecified atom stereocenters. The van der Waals surface area contributed by atoms with Gasteiger partial charge in [-0.15, -0.1) is 0 Å². The number of rotatable bonds is 10. The first kappa shape index (κ1) is 21.2. The highest BCUT2D eigenvalue weighted by molar-refractivity contribution is 6.29. The zero-order chi connectivity index (χ0) is 21.7. The van der Waals surface area contributed by atoms with Gasteiger partial charge in [0, 0.05) is 11.6 Å². The first-order valence-corrected chi connectivity index (χ1v) is 9.75. The summed E-state index contributed by atoms with van der Waals surface area (Å²) in [6.07, 6.45) is 3.30. The molecule has 0 aromatic heterocycles. The summed E-state index contributed by atoms with van der Waals surface area (Å²) in [5.41, 5.74) is 2.34. The highest BCUT2D eigenvalue weighted by atomic mass is 16.7. The van der Waals surface area contributed by atoms with Gasteiger partial charge in [-0.3, -0.25) is 4.79 Å². The average molecular weight is 406 g/mol. The molecule has 5 nitrogen and oxygen atoms in total. The molecule has 0 spiro atoms. The second kappa shape index (κ2) is 9.35. The zero-order valence-electron chi connectivity index (χ0n) is 17.4. The summed E-state index contributed by atoms with van der Waals surface area (Å²) in [7, 11) is 0. The Kier molecular flexibility index (Phi) is 6.62. The maximum absolute atomic E-state index is 13.4. The highest BCUT2D eigenvalue weighted by Crippen LogP contribution is 2.38. The molecule has 0 aliphatic carbocycles. The van der Waals surface area contributed by atoms with Crippen LogP contribution < -0.4 is 18.9 Å². The molecule has 156 valence electrons. The van der Waals surface area contributed by atoms with Gasteiger partial charge in [0.05, 0.1) is 5.56 Å². The van der Waals surface area contributed by atoms with E-state index in [4.69, 9.17) is 18.9 Å². The van der Waals surface area contributed by atoms with Crippen LogP contribution in [0.4, 0.5) is 0 Å². The van der Waals surface area contributed by atoms with Crippen LogP contribution in [-0.2, 0) is 0 Å². The molecule has 1 aliphatic heterocycles. The largest absolute Gasteiger partial charge is 0.489 e. The number of fused-ring (bicyclic) bond motifs is 1. The topological polar surface area (TPSA) is 54.0 Å². The van der Waals surface area contributed by atoms with Crippen LogP contribution in [0.15, 0.2) is 62.2 Å². The van der Waals surface area contributed by atoms with Gasteiger partial charge < -0.3 is 18.9 Å². The average Bonchev–Trinajstić information content (AvgIpc) is 3.22. The lowest BCUT2D eigenvalue weighted by molar-refractivity contribution is 0.105. The van der Waals surface area contributed by atoms with Crippen LogP contribution in [-0.4, -0.2) is 25.8 Å². The number of ketones is 1. The third kappa shape index (κ3) is 4.40. The number of ether oxygens (including phenoxy) is 4. The van der Waals surface area contributed by atoms with Crippen molar-refractivity contribution in [3.8, 4) is 23.0 Å². The second-order valence-corrected chi connectivity index (χ2v) is 7.12. The van der Waals surface area contributed by atoms with E-state index in [0.717, 1.165) is 5.56 Å². The van der Waals surface area contributed by atoms with E-state index in [1.54, 1.807) is 36.4 Å². The lowest BCUT2D eigenvalue weighted by Crippen LogP contribution is -2.09. The monoisotopic (exact) mass is 406 g/mol. The van der Waals surface area contributed by atoms with E-state index in [2.05, 4.69) is 19.7 Å². The number of allylic oxidation sites excluding steroid dienone is 1. The Hall–Kier alpha value is -3.47. The number of carbonyl (C=O) groups is 1. The number of hydrogen-bond donors (Lipinski definition) is 0. The van der Waals surface area contributed by atoms with Gasteiger partial charge in [-0.2, -0.15) is 0 Å². The molecule has 3 rings (SSSR count). The van der Waals surface area contributed by atoms with E-state index in [-0.39, 0.29) is 25.1 Å². The molecule has 0 saturated heterocycles. The van der Waals surface area contributed by atoms with Crippen molar-refractivity contribution in [2.24, 2.45) is 0 Å². The van der Waals surface area contributed by atoms with Crippen LogP contribution in [0.1, 0.15) is 41.3 Å². The molecule has 0 bridgehead atoms. The van der Waals surface area contributed by atoms with Gasteiger partial charge in [0.15, 0.2) is 17.3 Å². The fourth-order valence-electron chi connectivity index (χ4n) is 3.13. The molecule has 0 fully saturated rings. The second-order valence-electron chi connectivity index (χ2n) is 7.12. The number of benzene rings is 2. The molecule has 0 N–H and O–H groups in total. The van der Waals surface area contributed by atoms with Gasteiger partial charge in [-0.25, -0.2) is 0 Å². The van der Waals surface area contributed by atoms with Crippen LogP contribution in [0, 0.1) is 0 Å².